The maximum atomic E-state index is 13.4. The SMILES string of the molecule is CC(C)(C)c1ccc(SO)cc1F. The third-order valence-electron chi connectivity index (χ3n) is 1.85. The van der Waals surface area contributed by atoms with Gasteiger partial charge in [0.25, 0.3) is 0 Å². The van der Waals surface area contributed by atoms with Crippen LogP contribution in [0.2, 0.25) is 0 Å². The summed E-state index contributed by atoms with van der Waals surface area (Å²) < 4.78 is 22.1. The van der Waals surface area contributed by atoms with E-state index in [1.165, 1.54) is 6.07 Å². The van der Waals surface area contributed by atoms with E-state index in [9.17, 15) is 4.39 Å². The molecular formula is C10H13FOS. The van der Waals surface area contributed by atoms with Gasteiger partial charge in [0.05, 0.1) is 0 Å². The minimum absolute atomic E-state index is 0.192. The summed E-state index contributed by atoms with van der Waals surface area (Å²) in [6.07, 6.45) is 0. The van der Waals surface area contributed by atoms with Crippen molar-refractivity contribution in [2.75, 3.05) is 0 Å². The third-order valence-corrected chi connectivity index (χ3v) is 2.32. The average molecular weight is 200 g/mol. The Morgan fingerprint density at radius 1 is 1.31 bits per heavy atom. The topological polar surface area (TPSA) is 20.2 Å². The summed E-state index contributed by atoms with van der Waals surface area (Å²) in [4.78, 5) is 0.533. The molecule has 0 bridgehead atoms. The summed E-state index contributed by atoms with van der Waals surface area (Å²) in [6.45, 7) is 5.87. The van der Waals surface area contributed by atoms with Gasteiger partial charge in [-0.1, -0.05) is 26.8 Å². The molecule has 0 atom stereocenters. The zero-order valence-corrected chi connectivity index (χ0v) is 8.78. The van der Waals surface area contributed by atoms with Crippen LogP contribution in [0.15, 0.2) is 23.1 Å². The minimum atomic E-state index is -0.258. The lowest BCUT2D eigenvalue weighted by molar-refractivity contribution is 0.520. The molecule has 0 saturated carbocycles. The van der Waals surface area contributed by atoms with Crippen LogP contribution in [-0.4, -0.2) is 4.55 Å². The van der Waals surface area contributed by atoms with Gasteiger partial charge >= 0.3 is 0 Å². The van der Waals surface area contributed by atoms with Crippen LogP contribution in [0.1, 0.15) is 26.3 Å². The molecule has 1 nitrogen and oxygen atoms in total. The molecule has 3 heteroatoms. The molecule has 0 saturated heterocycles. The van der Waals surface area contributed by atoms with Crippen molar-refractivity contribution in [1.82, 2.24) is 0 Å². The largest absolute Gasteiger partial charge is 0.325 e. The standard InChI is InChI=1S/C10H13FOS/c1-10(2,3)8-5-4-7(13-12)6-9(8)11/h4-6,12H,1-3H3. The lowest BCUT2D eigenvalue weighted by Gasteiger charge is -2.19. The molecule has 1 N–H and O–H groups in total. The van der Waals surface area contributed by atoms with Gasteiger partial charge in [-0.25, -0.2) is 4.39 Å². The number of hydrogen-bond acceptors (Lipinski definition) is 2. The third kappa shape index (κ3) is 2.45. The fraction of sp³-hybridized carbons (Fsp3) is 0.400. The summed E-state index contributed by atoms with van der Waals surface area (Å²) >= 11 is 0.562. The van der Waals surface area contributed by atoms with Crippen LogP contribution in [0.3, 0.4) is 0 Å². The first-order valence-electron chi connectivity index (χ1n) is 4.06. The van der Waals surface area contributed by atoms with E-state index in [1.54, 1.807) is 12.1 Å². The zero-order chi connectivity index (χ0) is 10.1. The van der Waals surface area contributed by atoms with Gasteiger partial charge in [0.15, 0.2) is 0 Å². The van der Waals surface area contributed by atoms with Crippen molar-refractivity contribution >= 4 is 12.0 Å². The van der Waals surface area contributed by atoms with Crippen LogP contribution in [0, 0.1) is 5.82 Å². The van der Waals surface area contributed by atoms with Crippen LogP contribution in [0.4, 0.5) is 4.39 Å². The normalized spacial score (nSPS) is 11.8. The maximum Gasteiger partial charge on any atom is 0.128 e. The highest BCUT2D eigenvalue weighted by atomic mass is 32.2. The second-order valence-electron chi connectivity index (χ2n) is 3.98. The molecule has 13 heavy (non-hydrogen) atoms. The Morgan fingerprint density at radius 3 is 2.31 bits per heavy atom. The zero-order valence-electron chi connectivity index (χ0n) is 7.97. The highest BCUT2D eigenvalue weighted by Gasteiger charge is 2.18. The summed E-state index contributed by atoms with van der Waals surface area (Å²) in [7, 11) is 0. The molecule has 0 aliphatic rings. The molecule has 0 radical (unpaired) electrons. The van der Waals surface area contributed by atoms with Gasteiger partial charge in [-0.2, -0.15) is 0 Å². The number of hydrogen-bond donors (Lipinski definition) is 1. The van der Waals surface area contributed by atoms with Crippen molar-refractivity contribution in [2.45, 2.75) is 31.1 Å². The maximum absolute atomic E-state index is 13.4. The van der Waals surface area contributed by atoms with Crippen molar-refractivity contribution < 1.29 is 8.94 Å². The molecule has 0 spiro atoms. The number of halogens is 1. The molecule has 0 amide bonds. The molecule has 0 fully saturated rings. The minimum Gasteiger partial charge on any atom is -0.325 e. The molecule has 0 aromatic heterocycles. The summed E-state index contributed by atoms with van der Waals surface area (Å²) in [5.74, 6) is -0.258. The van der Waals surface area contributed by atoms with E-state index in [2.05, 4.69) is 0 Å². The van der Waals surface area contributed by atoms with Gasteiger partial charge in [-0.05, 0) is 23.1 Å². The van der Waals surface area contributed by atoms with Crippen LogP contribution >= 0.6 is 12.0 Å². The quantitative estimate of drug-likeness (QED) is 0.698. The van der Waals surface area contributed by atoms with E-state index in [1.807, 2.05) is 20.8 Å². The van der Waals surface area contributed by atoms with Crippen molar-refractivity contribution in [3.63, 3.8) is 0 Å². The Labute approximate surface area is 82.2 Å². The molecule has 1 aromatic rings. The highest BCUT2D eigenvalue weighted by molar-refractivity contribution is 7.93. The first kappa shape index (κ1) is 10.5. The van der Waals surface area contributed by atoms with Crippen LogP contribution in [0.25, 0.3) is 0 Å². The molecule has 0 heterocycles. The fourth-order valence-corrected chi connectivity index (χ4v) is 1.45. The van der Waals surface area contributed by atoms with E-state index in [0.717, 1.165) is 0 Å². The van der Waals surface area contributed by atoms with Crippen molar-refractivity contribution in [2.24, 2.45) is 0 Å². The molecule has 1 aromatic carbocycles. The Morgan fingerprint density at radius 2 is 1.92 bits per heavy atom. The lowest BCUT2D eigenvalue weighted by Crippen LogP contribution is -2.13. The van der Waals surface area contributed by atoms with Crippen LogP contribution < -0.4 is 0 Å². The summed E-state index contributed by atoms with van der Waals surface area (Å²) in [6, 6.07) is 4.79. The fourth-order valence-electron chi connectivity index (χ4n) is 1.16. The first-order valence-corrected chi connectivity index (χ1v) is 4.84. The van der Waals surface area contributed by atoms with E-state index >= 15 is 0 Å². The number of benzene rings is 1. The van der Waals surface area contributed by atoms with Crippen molar-refractivity contribution in [3.8, 4) is 0 Å². The van der Waals surface area contributed by atoms with Gasteiger partial charge in [0.2, 0.25) is 0 Å². The molecule has 0 aliphatic carbocycles. The van der Waals surface area contributed by atoms with Crippen molar-refractivity contribution in [3.05, 3.63) is 29.6 Å². The van der Waals surface area contributed by atoms with E-state index < -0.39 is 0 Å². The predicted molar refractivity (Wildman–Crippen MR) is 53.6 cm³/mol. The number of rotatable bonds is 1. The lowest BCUT2D eigenvalue weighted by atomic mass is 9.87. The molecule has 1 rings (SSSR count). The Bertz CT molecular complexity index is 304. The van der Waals surface area contributed by atoms with Gasteiger partial charge in [0, 0.05) is 16.9 Å². The van der Waals surface area contributed by atoms with E-state index in [0.29, 0.717) is 22.5 Å². The average Bonchev–Trinajstić information content (AvgIpc) is 2.01. The van der Waals surface area contributed by atoms with Gasteiger partial charge in [0.1, 0.15) is 5.82 Å². The second-order valence-corrected chi connectivity index (χ2v) is 4.64. The van der Waals surface area contributed by atoms with E-state index in [4.69, 9.17) is 4.55 Å². The van der Waals surface area contributed by atoms with Crippen LogP contribution in [-0.2, 0) is 5.41 Å². The summed E-state index contributed by atoms with van der Waals surface area (Å²) in [5.41, 5.74) is 0.480. The molecule has 0 unspecified atom stereocenters. The van der Waals surface area contributed by atoms with Gasteiger partial charge < -0.3 is 4.55 Å². The molecular weight excluding hydrogens is 187 g/mol. The molecule has 0 aliphatic heterocycles. The second kappa shape index (κ2) is 3.68. The Balaban J connectivity index is 3.13. The smallest absolute Gasteiger partial charge is 0.128 e. The van der Waals surface area contributed by atoms with Crippen molar-refractivity contribution in [1.29, 1.82) is 0 Å². The Kier molecular flexibility index (Phi) is 2.98. The van der Waals surface area contributed by atoms with Gasteiger partial charge in [-0.15, -0.1) is 0 Å². The Hall–Kier alpha value is -0.540. The van der Waals surface area contributed by atoms with Gasteiger partial charge in [-0.3, -0.25) is 0 Å². The van der Waals surface area contributed by atoms with E-state index in [-0.39, 0.29) is 11.2 Å². The monoisotopic (exact) mass is 200 g/mol. The first-order chi connectivity index (χ1) is 5.95. The molecule has 72 valence electrons. The summed E-state index contributed by atoms with van der Waals surface area (Å²) in [5, 5.41) is 0. The van der Waals surface area contributed by atoms with Crippen LogP contribution in [0.5, 0.6) is 0 Å². The highest BCUT2D eigenvalue weighted by Crippen LogP contribution is 2.27. The predicted octanol–water partition coefficient (Wildman–Crippen LogP) is 3.69.